The summed E-state index contributed by atoms with van der Waals surface area (Å²) in [6, 6.07) is 4.23. The second-order valence-corrected chi connectivity index (χ2v) is 9.52. The van der Waals surface area contributed by atoms with Crippen molar-refractivity contribution in [3.63, 3.8) is 0 Å². The molecule has 0 aromatic heterocycles. The van der Waals surface area contributed by atoms with Crippen molar-refractivity contribution < 1.29 is 5.11 Å². The monoisotopic (exact) mass is 312 g/mol. The van der Waals surface area contributed by atoms with Crippen LogP contribution in [-0.2, 0) is 10.8 Å². The highest BCUT2D eigenvalue weighted by atomic mass is 32.2. The minimum absolute atomic E-state index is 0.0789. The van der Waals surface area contributed by atoms with Crippen LogP contribution in [0.15, 0.2) is 12.1 Å². The summed E-state index contributed by atoms with van der Waals surface area (Å²) in [5, 5.41) is 10.7. The fraction of sp³-hybridized carbons (Fsp3) is 0.647. The number of hydrogen-bond donors (Lipinski definition) is 2. The average molecular weight is 313 g/mol. The average Bonchev–Trinajstić information content (AvgIpc) is 2.26. The summed E-state index contributed by atoms with van der Waals surface area (Å²) in [5.74, 6) is 1.47. The number of phenolic OH excluding ortho intramolecular Hbond substituents is 1. The highest BCUT2D eigenvalue weighted by Gasteiger charge is 2.27. The summed E-state index contributed by atoms with van der Waals surface area (Å²) in [5.41, 5.74) is 3.05. The molecule has 0 saturated carbocycles. The number of rotatable bonds is 3. The molecule has 0 heterocycles. The van der Waals surface area contributed by atoms with E-state index in [0.717, 1.165) is 16.9 Å². The summed E-state index contributed by atoms with van der Waals surface area (Å²) in [6.45, 7) is 15.0. The molecule has 1 rings (SSSR count). The maximum absolute atomic E-state index is 10.7. The molecule has 0 spiro atoms. The van der Waals surface area contributed by atoms with E-state index >= 15 is 0 Å². The molecule has 1 aromatic rings. The van der Waals surface area contributed by atoms with Gasteiger partial charge in [-0.3, -0.25) is 0 Å². The lowest BCUT2D eigenvalue weighted by Gasteiger charge is -2.29. The molecule has 1 nitrogen and oxygen atoms in total. The number of thiol groups is 1. The molecule has 0 aliphatic carbocycles. The topological polar surface area (TPSA) is 20.2 Å². The zero-order valence-electron chi connectivity index (χ0n) is 13.7. The zero-order chi connectivity index (χ0) is 15.7. The lowest BCUT2D eigenvalue weighted by atomic mass is 9.78. The molecule has 1 aromatic carbocycles. The Morgan fingerprint density at radius 1 is 1.05 bits per heavy atom. The molecule has 0 radical (unpaired) electrons. The van der Waals surface area contributed by atoms with E-state index in [1.54, 1.807) is 0 Å². The molecular formula is C17H28OS2. The van der Waals surface area contributed by atoms with Crippen molar-refractivity contribution in [1.82, 2.24) is 0 Å². The van der Waals surface area contributed by atoms with E-state index in [1.165, 1.54) is 5.56 Å². The lowest BCUT2D eigenvalue weighted by molar-refractivity contribution is 0.423. The van der Waals surface area contributed by atoms with Crippen LogP contribution in [0.3, 0.4) is 0 Å². The Bertz CT molecular complexity index is 432. The Labute approximate surface area is 134 Å². The van der Waals surface area contributed by atoms with E-state index in [-0.39, 0.29) is 15.4 Å². The third-order valence-electron chi connectivity index (χ3n) is 3.36. The van der Waals surface area contributed by atoms with Crippen molar-refractivity contribution in [3.8, 4) is 5.75 Å². The standard InChI is InChI=1S/C17H28OS2/c1-8-20-15(19)11-9-12(16(2,3)4)14(18)13(10-11)17(5,6)7/h9-10,15,18-19H,8H2,1-7H3. The molecule has 1 unspecified atom stereocenters. The van der Waals surface area contributed by atoms with Crippen LogP contribution in [0.2, 0.25) is 0 Å². The van der Waals surface area contributed by atoms with E-state index < -0.39 is 0 Å². The smallest absolute Gasteiger partial charge is 0.123 e. The largest absolute Gasteiger partial charge is 0.507 e. The molecular weight excluding hydrogens is 284 g/mol. The summed E-state index contributed by atoms with van der Waals surface area (Å²) >= 11 is 6.51. The molecule has 114 valence electrons. The van der Waals surface area contributed by atoms with Gasteiger partial charge in [-0.1, -0.05) is 48.5 Å². The summed E-state index contributed by atoms with van der Waals surface area (Å²) in [4.78, 5) is 0. The molecule has 0 aliphatic rings. The SMILES string of the molecule is CCSC(S)c1cc(C(C)(C)C)c(O)c(C(C)(C)C)c1. The van der Waals surface area contributed by atoms with Crippen LogP contribution in [0.25, 0.3) is 0 Å². The minimum atomic E-state index is -0.0789. The van der Waals surface area contributed by atoms with Crippen LogP contribution in [-0.4, -0.2) is 10.9 Å². The van der Waals surface area contributed by atoms with E-state index in [0.29, 0.717) is 5.75 Å². The second-order valence-electron chi connectivity index (χ2n) is 7.27. The molecule has 0 fully saturated rings. The van der Waals surface area contributed by atoms with Gasteiger partial charge in [0.1, 0.15) is 5.75 Å². The van der Waals surface area contributed by atoms with Gasteiger partial charge < -0.3 is 5.11 Å². The molecule has 0 bridgehead atoms. The number of hydrogen-bond acceptors (Lipinski definition) is 3. The summed E-state index contributed by atoms with van der Waals surface area (Å²) in [6.07, 6.45) is 0. The summed E-state index contributed by atoms with van der Waals surface area (Å²) < 4.78 is 0.155. The molecule has 0 amide bonds. The Morgan fingerprint density at radius 3 is 1.75 bits per heavy atom. The van der Waals surface area contributed by atoms with Gasteiger partial charge in [-0.25, -0.2) is 0 Å². The van der Waals surface area contributed by atoms with Crippen LogP contribution < -0.4 is 0 Å². The number of thioether (sulfide) groups is 1. The van der Waals surface area contributed by atoms with Crippen molar-refractivity contribution in [1.29, 1.82) is 0 Å². The summed E-state index contributed by atoms with van der Waals surface area (Å²) in [7, 11) is 0. The fourth-order valence-corrected chi connectivity index (χ4v) is 3.44. The van der Waals surface area contributed by atoms with Crippen molar-refractivity contribution in [2.45, 2.75) is 63.9 Å². The van der Waals surface area contributed by atoms with Crippen LogP contribution >= 0.6 is 24.4 Å². The maximum Gasteiger partial charge on any atom is 0.123 e. The van der Waals surface area contributed by atoms with Gasteiger partial charge in [-0.2, -0.15) is 12.6 Å². The number of aromatic hydroxyl groups is 1. The van der Waals surface area contributed by atoms with Crippen molar-refractivity contribution in [3.05, 3.63) is 28.8 Å². The number of benzene rings is 1. The predicted octanol–water partition coefficient (Wildman–Crippen LogP) is 5.67. The van der Waals surface area contributed by atoms with Crippen molar-refractivity contribution >= 4 is 24.4 Å². The Balaban J connectivity index is 3.50. The van der Waals surface area contributed by atoms with Gasteiger partial charge in [0.15, 0.2) is 0 Å². The quantitative estimate of drug-likeness (QED) is 0.554. The molecule has 1 N–H and O–H groups in total. The second kappa shape index (κ2) is 6.23. The van der Waals surface area contributed by atoms with Gasteiger partial charge in [0, 0.05) is 0 Å². The zero-order valence-corrected chi connectivity index (χ0v) is 15.5. The highest BCUT2D eigenvalue weighted by molar-refractivity contribution is 8.09. The van der Waals surface area contributed by atoms with Crippen LogP contribution in [0.1, 0.15) is 69.7 Å². The predicted molar refractivity (Wildman–Crippen MR) is 95.4 cm³/mol. The molecule has 0 aliphatic heterocycles. The first-order valence-corrected chi connectivity index (χ1v) is 8.72. The first-order valence-electron chi connectivity index (χ1n) is 7.16. The Hall–Kier alpha value is -0.280. The van der Waals surface area contributed by atoms with Gasteiger partial charge in [-0.05, 0) is 45.4 Å². The third-order valence-corrected chi connectivity index (χ3v) is 5.02. The third kappa shape index (κ3) is 4.11. The van der Waals surface area contributed by atoms with Crippen molar-refractivity contribution in [2.24, 2.45) is 0 Å². The van der Waals surface area contributed by atoms with Gasteiger partial charge in [-0.15, -0.1) is 11.8 Å². The van der Waals surface area contributed by atoms with Gasteiger partial charge in [0.25, 0.3) is 0 Å². The minimum Gasteiger partial charge on any atom is -0.507 e. The molecule has 20 heavy (non-hydrogen) atoms. The van der Waals surface area contributed by atoms with Gasteiger partial charge in [0.2, 0.25) is 0 Å². The first-order chi connectivity index (χ1) is 8.98. The van der Waals surface area contributed by atoms with E-state index in [1.807, 2.05) is 11.8 Å². The first kappa shape index (κ1) is 17.8. The number of phenols is 1. The van der Waals surface area contributed by atoms with E-state index in [9.17, 15) is 5.11 Å². The van der Waals surface area contributed by atoms with E-state index in [4.69, 9.17) is 12.6 Å². The molecule has 1 atom stereocenters. The fourth-order valence-electron chi connectivity index (χ4n) is 2.20. The van der Waals surface area contributed by atoms with Crippen molar-refractivity contribution in [2.75, 3.05) is 5.75 Å². The van der Waals surface area contributed by atoms with Crippen LogP contribution in [0.5, 0.6) is 5.75 Å². The van der Waals surface area contributed by atoms with Crippen LogP contribution in [0, 0.1) is 0 Å². The molecule has 3 heteroatoms. The maximum atomic E-state index is 10.7. The van der Waals surface area contributed by atoms with Gasteiger partial charge in [0.05, 0.1) is 4.58 Å². The van der Waals surface area contributed by atoms with E-state index in [2.05, 4.69) is 60.6 Å². The van der Waals surface area contributed by atoms with Crippen LogP contribution in [0.4, 0.5) is 0 Å². The lowest BCUT2D eigenvalue weighted by Crippen LogP contribution is -2.18. The highest BCUT2D eigenvalue weighted by Crippen LogP contribution is 2.43. The van der Waals surface area contributed by atoms with Gasteiger partial charge >= 0.3 is 0 Å². The Kier molecular flexibility index (Phi) is 5.53. The Morgan fingerprint density at radius 2 is 1.45 bits per heavy atom. The molecule has 0 saturated heterocycles. The normalized spacial score (nSPS) is 14.4.